The molecule has 1 fully saturated rings. The van der Waals surface area contributed by atoms with Crippen LogP contribution >= 0.6 is 12.4 Å². The summed E-state index contributed by atoms with van der Waals surface area (Å²) in [7, 11) is 0. The molecule has 3 N–H and O–H groups in total. The summed E-state index contributed by atoms with van der Waals surface area (Å²) in [6.07, 6.45) is 1.09. The molecule has 0 saturated carbocycles. The molecule has 2 atom stereocenters. The van der Waals surface area contributed by atoms with Crippen LogP contribution in [0.25, 0.3) is 0 Å². The summed E-state index contributed by atoms with van der Waals surface area (Å²) < 4.78 is 0. The van der Waals surface area contributed by atoms with Crippen molar-refractivity contribution in [2.24, 2.45) is 11.7 Å². The van der Waals surface area contributed by atoms with Gasteiger partial charge in [0.25, 0.3) is 0 Å². The van der Waals surface area contributed by atoms with Crippen LogP contribution < -0.4 is 11.1 Å². The largest absolute Gasteiger partial charge is 0.328 e. The number of hydrogen-bond donors (Lipinski definition) is 2. The lowest BCUT2D eigenvalue weighted by Crippen LogP contribution is -2.34. The summed E-state index contributed by atoms with van der Waals surface area (Å²) in [6.45, 7) is 8.48. The van der Waals surface area contributed by atoms with Gasteiger partial charge in [0, 0.05) is 18.3 Å². The van der Waals surface area contributed by atoms with Crippen LogP contribution in [0.5, 0.6) is 0 Å². The first-order chi connectivity index (χ1) is 9.47. The van der Waals surface area contributed by atoms with E-state index in [4.69, 9.17) is 5.73 Å². The van der Waals surface area contributed by atoms with Gasteiger partial charge in [-0.05, 0) is 56.8 Å². The topological polar surface area (TPSA) is 58.4 Å². The fourth-order valence-electron chi connectivity index (χ4n) is 2.71. The minimum absolute atomic E-state index is 0. The molecule has 0 aromatic heterocycles. The highest BCUT2D eigenvalue weighted by Crippen LogP contribution is 2.20. The maximum atomic E-state index is 12.1. The predicted molar refractivity (Wildman–Crippen MR) is 90.0 cm³/mol. The van der Waals surface area contributed by atoms with Crippen LogP contribution in [0.1, 0.15) is 24.5 Å². The number of nitrogens with zero attached hydrogens (tertiary/aromatic N) is 1. The van der Waals surface area contributed by atoms with Crippen LogP contribution in [-0.4, -0.2) is 36.5 Å². The van der Waals surface area contributed by atoms with Crippen LogP contribution in [0.3, 0.4) is 0 Å². The van der Waals surface area contributed by atoms with Crippen LogP contribution in [0.2, 0.25) is 0 Å². The summed E-state index contributed by atoms with van der Waals surface area (Å²) >= 11 is 0. The summed E-state index contributed by atoms with van der Waals surface area (Å²) in [5.41, 5.74) is 9.17. The molecule has 1 saturated heterocycles. The maximum absolute atomic E-state index is 12.1. The van der Waals surface area contributed by atoms with Gasteiger partial charge in [0.1, 0.15) is 0 Å². The number of nitrogens with two attached hydrogens (primary N) is 1. The number of halogens is 1. The zero-order valence-electron chi connectivity index (χ0n) is 13.1. The van der Waals surface area contributed by atoms with E-state index in [0.29, 0.717) is 12.5 Å². The number of nitrogens with one attached hydrogen (secondary N) is 1. The maximum Gasteiger partial charge on any atom is 0.238 e. The van der Waals surface area contributed by atoms with Crippen LogP contribution in [0, 0.1) is 19.8 Å². The third-order valence-electron chi connectivity index (χ3n) is 4.30. The van der Waals surface area contributed by atoms with Gasteiger partial charge in [-0.15, -0.1) is 12.4 Å². The summed E-state index contributed by atoms with van der Waals surface area (Å²) in [4.78, 5) is 14.3. The molecule has 0 spiro atoms. The van der Waals surface area contributed by atoms with Crippen molar-refractivity contribution in [1.29, 1.82) is 0 Å². The van der Waals surface area contributed by atoms with Crippen molar-refractivity contribution in [3.8, 4) is 0 Å². The summed E-state index contributed by atoms with van der Waals surface area (Å²) in [5.74, 6) is 0.576. The number of amides is 1. The Morgan fingerprint density at radius 1 is 1.48 bits per heavy atom. The monoisotopic (exact) mass is 311 g/mol. The normalized spacial score (nSPS) is 19.9. The smallest absolute Gasteiger partial charge is 0.238 e. The molecule has 1 aromatic carbocycles. The van der Waals surface area contributed by atoms with Crippen molar-refractivity contribution in [3.63, 3.8) is 0 Å². The van der Waals surface area contributed by atoms with E-state index in [1.807, 2.05) is 26.0 Å². The molecule has 1 aromatic rings. The van der Waals surface area contributed by atoms with E-state index < -0.39 is 0 Å². The van der Waals surface area contributed by atoms with E-state index in [2.05, 4.69) is 23.2 Å². The van der Waals surface area contributed by atoms with Crippen LogP contribution in [0.15, 0.2) is 18.2 Å². The molecule has 2 rings (SSSR count). The lowest BCUT2D eigenvalue weighted by atomic mass is 10.0. The van der Waals surface area contributed by atoms with Gasteiger partial charge in [-0.3, -0.25) is 9.69 Å². The number of carbonyl (C=O) groups is 1. The number of anilines is 1. The zero-order valence-corrected chi connectivity index (χ0v) is 13.9. The number of hydrogen-bond acceptors (Lipinski definition) is 3. The second-order valence-electron chi connectivity index (χ2n) is 5.94. The number of aryl methyl sites for hydroxylation is 1. The third kappa shape index (κ3) is 4.70. The molecule has 4 nitrogen and oxygen atoms in total. The van der Waals surface area contributed by atoms with Crippen molar-refractivity contribution in [1.82, 2.24) is 4.90 Å². The molecule has 118 valence electrons. The van der Waals surface area contributed by atoms with Gasteiger partial charge in [-0.1, -0.05) is 12.1 Å². The van der Waals surface area contributed by atoms with Gasteiger partial charge in [0.15, 0.2) is 0 Å². The highest BCUT2D eigenvalue weighted by Gasteiger charge is 2.26. The van der Waals surface area contributed by atoms with E-state index in [-0.39, 0.29) is 24.4 Å². The lowest BCUT2D eigenvalue weighted by Gasteiger charge is -2.18. The van der Waals surface area contributed by atoms with Gasteiger partial charge in [0.2, 0.25) is 5.91 Å². The van der Waals surface area contributed by atoms with E-state index in [0.717, 1.165) is 30.8 Å². The molecule has 0 bridgehead atoms. The third-order valence-corrected chi connectivity index (χ3v) is 4.30. The van der Waals surface area contributed by atoms with Crippen LogP contribution in [-0.2, 0) is 4.79 Å². The Balaban J connectivity index is 0.00000220. The summed E-state index contributed by atoms with van der Waals surface area (Å²) in [6, 6.07) is 6.19. The first-order valence-corrected chi connectivity index (χ1v) is 7.31. The average molecular weight is 312 g/mol. The highest BCUT2D eigenvalue weighted by atomic mass is 35.5. The first-order valence-electron chi connectivity index (χ1n) is 7.31. The molecule has 0 aliphatic carbocycles. The molecular weight excluding hydrogens is 286 g/mol. The Morgan fingerprint density at radius 2 is 2.19 bits per heavy atom. The van der Waals surface area contributed by atoms with Crippen molar-refractivity contribution in [3.05, 3.63) is 29.3 Å². The molecule has 1 aliphatic heterocycles. The van der Waals surface area contributed by atoms with Gasteiger partial charge in [-0.2, -0.15) is 0 Å². The van der Waals surface area contributed by atoms with Crippen LogP contribution in [0.4, 0.5) is 5.69 Å². The van der Waals surface area contributed by atoms with Gasteiger partial charge in [0.05, 0.1) is 6.54 Å². The molecule has 1 amide bonds. The second kappa shape index (κ2) is 7.78. The van der Waals surface area contributed by atoms with Crippen molar-refractivity contribution < 1.29 is 4.79 Å². The predicted octanol–water partition coefficient (Wildman–Crippen LogP) is 2.33. The Labute approximate surface area is 133 Å². The van der Waals surface area contributed by atoms with Gasteiger partial charge >= 0.3 is 0 Å². The molecule has 1 aliphatic rings. The second-order valence-corrected chi connectivity index (χ2v) is 5.94. The Hall–Kier alpha value is -1.10. The lowest BCUT2D eigenvalue weighted by molar-refractivity contribution is -0.117. The number of likely N-dealkylation sites (tertiary alicyclic amines) is 1. The molecule has 5 heteroatoms. The van der Waals surface area contributed by atoms with E-state index in [1.165, 1.54) is 5.56 Å². The van der Waals surface area contributed by atoms with E-state index in [9.17, 15) is 4.79 Å². The Bertz CT molecular complexity index is 490. The number of rotatable bonds is 4. The molecule has 1 heterocycles. The van der Waals surface area contributed by atoms with Crippen molar-refractivity contribution in [2.45, 2.75) is 33.2 Å². The highest BCUT2D eigenvalue weighted by molar-refractivity contribution is 5.93. The van der Waals surface area contributed by atoms with Gasteiger partial charge in [-0.25, -0.2) is 0 Å². The SMILES string of the molecule is Cc1cccc(NC(=O)CN2CCC(C(C)N)C2)c1C.Cl. The zero-order chi connectivity index (χ0) is 14.7. The van der Waals surface area contributed by atoms with Crippen molar-refractivity contribution in [2.75, 3.05) is 25.0 Å². The molecule has 0 radical (unpaired) electrons. The molecule has 21 heavy (non-hydrogen) atoms. The standard InChI is InChI=1S/C16H25N3O.ClH/c1-11-5-4-6-15(12(11)2)18-16(20)10-19-8-7-14(9-19)13(3)17;/h4-6,13-14H,7-10,17H2,1-3H3,(H,18,20);1H. The minimum atomic E-state index is 0. The minimum Gasteiger partial charge on any atom is -0.328 e. The fourth-order valence-corrected chi connectivity index (χ4v) is 2.71. The van der Waals surface area contributed by atoms with E-state index >= 15 is 0 Å². The first kappa shape index (κ1) is 18.0. The van der Waals surface area contributed by atoms with Gasteiger partial charge < -0.3 is 11.1 Å². The number of carbonyl (C=O) groups excluding carboxylic acids is 1. The Morgan fingerprint density at radius 3 is 2.81 bits per heavy atom. The molecule has 2 unspecified atom stereocenters. The molecular formula is C16H26ClN3O. The van der Waals surface area contributed by atoms with Crippen molar-refractivity contribution >= 4 is 24.0 Å². The Kier molecular flexibility index (Phi) is 6.65. The number of benzene rings is 1. The quantitative estimate of drug-likeness (QED) is 0.897. The van der Waals surface area contributed by atoms with E-state index in [1.54, 1.807) is 0 Å². The summed E-state index contributed by atoms with van der Waals surface area (Å²) in [5, 5.41) is 3.01. The average Bonchev–Trinajstić information content (AvgIpc) is 2.83. The fraction of sp³-hybridized carbons (Fsp3) is 0.562.